The van der Waals surface area contributed by atoms with Gasteiger partial charge in [0.15, 0.2) is 0 Å². The van der Waals surface area contributed by atoms with Gasteiger partial charge in [0.05, 0.1) is 4.90 Å². The van der Waals surface area contributed by atoms with Crippen molar-refractivity contribution in [3.8, 4) is 0 Å². The van der Waals surface area contributed by atoms with E-state index in [9.17, 15) is 13.2 Å². The second kappa shape index (κ2) is 6.60. The minimum Gasteiger partial charge on any atom is -0.356 e. The van der Waals surface area contributed by atoms with Crippen molar-refractivity contribution in [3.63, 3.8) is 0 Å². The fraction of sp³-hybridized carbons (Fsp3) is 0.462. The first kappa shape index (κ1) is 15.3. The molecule has 1 fully saturated rings. The van der Waals surface area contributed by atoms with Gasteiger partial charge >= 0.3 is 0 Å². The zero-order valence-electron chi connectivity index (χ0n) is 11.0. The highest BCUT2D eigenvalue weighted by Crippen LogP contribution is 2.23. The van der Waals surface area contributed by atoms with E-state index < -0.39 is 10.0 Å². The fourth-order valence-electron chi connectivity index (χ4n) is 2.06. The van der Waals surface area contributed by atoms with Crippen molar-refractivity contribution >= 4 is 27.7 Å². The Morgan fingerprint density at radius 3 is 2.60 bits per heavy atom. The maximum atomic E-state index is 11.8. The second-order valence-corrected chi connectivity index (χ2v) is 7.50. The molecule has 7 heteroatoms. The Hall–Kier alpha value is -1.05. The molecule has 3 N–H and O–H groups in total. The van der Waals surface area contributed by atoms with Gasteiger partial charge in [-0.2, -0.15) is 11.8 Å². The third-order valence-electron chi connectivity index (χ3n) is 3.27. The van der Waals surface area contributed by atoms with Crippen molar-refractivity contribution in [3.05, 3.63) is 29.8 Å². The van der Waals surface area contributed by atoms with E-state index in [2.05, 4.69) is 5.32 Å². The Bertz CT molecular complexity index is 564. The van der Waals surface area contributed by atoms with Crippen LogP contribution in [0.1, 0.15) is 12.0 Å². The predicted octanol–water partition coefficient (Wildman–Crippen LogP) is 0.746. The first-order valence-electron chi connectivity index (χ1n) is 6.44. The summed E-state index contributed by atoms with van der Waals surface area (Å²) in [5.41, 5.74) is 0.971. The average molecular weight is 314 g/mol. The largest absolute Gasteiger partial charge is 0.356 e. The Kier molecular flexibility index (Phi) is 5.06. The normalized spacial score (nSPS) is 18.9. The standard InChI is InChI=1S/C13H18N2O3S2/c14-20(17,18)12-3-1-10(2-4-12)5-7-15-13(16)11-6-8-19-9-11/h1-4,11H,5-9H2,(H,15,16)(H2,14,17,18). The molecule has 0 radical (unpaired) electrons. The molecule has 0 bridgehead atoms. The first-order valence-corrected chi connectivity index (χ1v) is 9.14. The molecule has 1 aromatic rings. The molecule has 1 atom stereocenters. The van der Waals surface area contributed by atoms with Crippen LogP contribution in [0.2, 0.25) is 0 Å². The summed E-state index contributed by atoms with van der Waals surface area (Å²) in [6.07, 6.45) is 1.63. The summed E-state index contributed by atoms with van der Waals surface area (Å²) in [5, 5.41) is 7.95. The summed E-state index contributed by atoms with van der Waals surface area (Å²) in [5.74, 6) is 2.24. The number of amides is 1. The molecule has 110 valence electrons. The highest BCUT2D eigenvalue weighted by Gasteiger charge is 2.22. The van der Waals surface area contributed by atoms with Gasteiger partial charge in [0.1, 0.15) is 0 Å². The number of benzene rings is 1. The van der Waals surface area contributed by atoms with Gasteiger partial charge in [-0.05, 0) is 36.3 Å². The van der Waals surface area contributed by atoms with Gasteiger partial charge in [-0.15, -0.1) is 0 Å². The number of sulfonamides is 1. The van der Waals surface area contributed by atoms with Gasteiger partial charge in [-0.3, -0.25) is 4.79 Å². The zero-order chi connectivity index (χ0) is 14.6. The van der Waals surface area contributed by atoms with Crippen LogP contribution in [0.3, 0.4) is 0 Å². The highest BCUT2D eigenvalue weighted by atomic mass is 32.2. The first-order chi connectivity index (χ1) is 9.47. The Balaban J connectivity index is 1.81. The maximum Gasteiger partial charge on any atom is 0.238 e. The maximum absolute atomic E-state index is 11.8. The molecule has 0 aliphatic carbocycles. The fourth-order valence-corrected chi connectivity index (χ4v) is 3.80. The van der Waals surface area contributed by atoms with E-state index in [1.165, 1.54) is 12.1 Å². The van der Waals surface area contributed by atoms with Crippen LogP contribution in [0.4, 0.5) is 0 Å². The monoisotopic (exact) mass is 314 g/mol. The molecular weight excluding hydrogens is 296 g/mol. The van der Waals surface area contributed by atoms with Crippen molar-refractivity contribution in [2.24, 2.45) is 11.1 Å². The van der Waals surface area contributed by atoms with Crippen molar-refractivity contribution < 1.29 is 13.2 Å². The van der Waals surface area contributed by atoms with Crippen LogP contribution in [0.5, 0.6) is 0 Å². The summed E-state index contributed by atoms with van der Waals surface area (Å²) < 4.78 is 22.2. The van der Waals surface area contributed by atoms with E-state index >= 15 is 0 Å². The van der Waals surface area contributed by atoms with Gasteiger partial charge in [-0.1, -0.05) is 12.1 Å². The second-order valence-electron chi connectivity index (χ2n) is 4.79. The minimum absolute atomic E-state index is 0.105. The van der Waals surface area contributed by atoms with E-state index in [1.54, 1.807) is 12.1 Å². The summed E-state index contributed by atoms with van der Waals surface area (Å²) in [6, 6.07) is 6.41. The average Bonchev–Trinajstić information content (AvgIpc) is 2.92. The van der Waals surface area contributed by atoms with Crippen LogP contribution < -0.4 is 10.5 Å². The molecule has 5 nitrogen and oxygen atoms in total. The molecule has 1 amide bonds. The Labute approximate surface area is 123 Å². The number of nitrogens with two attached hydrogens (primary N) is 1. The number of hydrogen-bond acceptors (Lipinski definition) is 4. The third kappa shape index (κ3) is 4.22. The SMILES string of the molecule is NS(=O)(=O)c1ccc(CCNC(=O)C2CCSC2)cc1. The van der Waals surface area contributed by atoms with Gasteiger partial charge < -0.3 is 5.32 Å². The summed E-state index contributed by atoms with van der Waals surface area (Å²) in [7, 11) is -3.64. The molecule has 1 aliphatic rings. The van der Waals surface area contributed by atoms with Gasteiger partial charge in [-0.25, -0.2) is 13.6 Å². The Morgan fingerprint density at radius 2 is 2.05 bits per heavy atom. The van der Waals surface area contributed by atoms with E-state index in [0.29, 0.717) is 13.0 Å². The third-order valence-corrected chi connectivity index (χ3v) is 5.36. The van der Waals surface area contributed by atoms with Gasteiger partial charge in [0.25, 0.3) is 0 Å². The number of thioether (sulfide) groups is 1. The lowest BCUT2D eigenvalue weighted by atomic mass is 10.1. The van der Waals surface area contributed by atoms with Crippen molar-refractivity contribution in [1.29, 1.82) is 0 Å². The lowest BCUT2D eigenvalue weighted by Crippen LogP contribution is -2.32. The van der Waals surface area contributed by atoms with Crippen LogP contribution in [-0.2, 0) is 21.2 Å². The number of carbonyl (C=O) groups excluding carboxylic acids is 1. The summed E-state index contributed by atoms with van der Waals surface area (Å²) in [4.78, 5) is 11.9. The molecule has 1 heterocycles. The van der Waals surface area contributed by atoms with Crippen LogP contribution in [0.15, 0.2) is 29.2 Å². The topological polar surface area (TPSA) is 89.3 Å². The summed E-state index contributed by atoms with van der Waals surface area (Å²) in [6.45, 7) is 0.564. The smallest absolute Gasteiger partial charge is 0.238 e. The van der Waals surface area contributed by atoms with E-state index in [-0.39, 0.29) is 16.7 Å². The molecule has 0 spiro atoms. The molecule has 2 rings (SSSR count). The minimum atomic E-state index is -3.64. The number of primary sulfonamides is 1. The van der Waals surface area contributed by atoms with Gasteiger partial charge in [0.2, 0.25) is 15.9 Å². The van der Waals surface area contributed by atoms with Crippen LogP contribution in [0, 0.1) is 5.92 Å². The lowest BCUT2D eigenvalue weighted by molar-refractivity contribution is -0.124. The highest BCUT2D eigenvalue weighted by molar-refractivity contribution is 7.99. The molecule has 1 unspecified atom stereocenters. The van der Waals surface area contributed by atoms with Gasteiger partial charge in [0, 0.05) is 18.2 Å². The predicted molar refractivity (Wildman–Crippen MR) is 80.0 cm³/mol. The Morgan fingerprint density at radius 1 is 1.35 bits per heavy atom. The molecule has 1 aromatic carbocycles. The molecule has 0 aromatic heterocycles. The summed E-state index contributed by atoms with van der Waals surface area (Å²) >= 11 is 1.81. The number of nitrogens with one attached hydrogen (secondary N) is 1. The van der Waals surface area contributed by atoms with E-state index in [4.69, 9.17) is 5.14 Å². The van der Waals surface area contributed by atoms with E-state index in [0.717, 1.165) is 23.5 Å². The number of hydrogen-bond donors (Lipinski definition) is 2. The van der Waals surface area contributed by atoms with E-state index in [1.807, 2.05) is 11.8 Å². The van der Waals surface area contributed by atoms with Crippen LogP contribution >= 0.6 is 11.8 Å². The molecule has 0 saturated carbocycles. The number of carbonyl (C=O) groups is 1. The molecule has 1 saturated heterocycles. The van der Waals surface area contributed by atoms with Crippen molar-refractivity contribution in [1.82, 2.24) is 5.32 Å². The van der Waals surface area contributed by atoms with Crippen LogP contribution in [-0.4, -0.2) is 32.4 Å². The van der Waals surface area contributed by atoms with Crippen molar-refractivity contribution in [2.75, 3.05) is 18.1 Å². The number of rotatable bonds is 5. The molecule has 20 heavy (non-hydrogen) atoms. The molecule has 1 aliphatic heterocycles. The molecular formula is C13H18N2O3S2. The lowest BCUT2D eigenvalue weighted by Gasteiger charge is -2.09. The zero-order valence-corrected chi connectivity index (χ0v) is 12.7. The van der Waals surface area contributed by atoms with Crippen molar-refractivity contribution in [2.45, 2.75) is 17.7 Å². The quantitative estimate of drug-likeness (QED) is 0.839. The van der Waals surface area contributed by atoms with Crippen LogP contribution in [0.25, 0.3) is 0 Å².